The Balaban J connectivity index is 2.52. The molecule has 0 aliphatic carbocycles. The van der Waals surface area contributed by atoms with E-state index in [1.54, 1.807) is 0 Å². The highest BCUT2D eigenvalue weighted by Gasteiger charge is 2.13. The van der Waals surface area contributed by atoms with Gasteiger partial charge < -0.3 is 11.1 Å². The number of carbonyl (C=O) groups excluding carboxylic acids is 1. The molecule has 0 aliphatic rings. The Morgan fingerprint density at radius 2 is 2.17 bits per heavy atom. The molecule has 1 aromatic heterocycles. The van der Waals surface area contributed by atoms with Gasteiger partial charge in [-0.25, -0.2) is 0 Å². The lowest BCUT2D eigenvalue weighted by Crippen LogP contribution is -2.28. The Morgan fingerprint density at radius 3 is 2.61 bits per heavy atom. The Hall–Kier alpha value is -1.36. The summed E-state index contributed by atoms with van der Waals surface area (Å²) in [6.07, 6.45) is 1.44. The molecule has 0 saturated heterocycles. The number of nitrogens with two attached hydrogens (primary N) is 1. The van der Waals surface area contributed by atoms with Crippen molar-refractivity contribution < 1.29 is 4.79 Å². The van der Waals surface area contributed by atoms with Gasteiger partial charge in [0.2, 0.25) is 5.91 Å². The maximum atomic E-state index is 11.8. The molecular weight excluding hydrogens is 228 g/mol. The Labute approximate surface area is 109 Å². The number of amides is 1. The van der Waals surface area contributed by atoms with Crippen LogP contribution in [0.4, 0.5) is 0 Å². The van der Waals surface area contributed by atoms with Crippen molar-refractivity contribution in [3.63, 3.8) is 0 Å². The zero-order valence-corrected chi connectivity index (χ0v) is 11.8. The maximum absolute atomic E-state index is 11.8. The van der Waals surface area contributed by atoms with Crippen LogP contribution in [0.25, 0.3) is 0 Å². The summed E-state index contributed by atoms with van der Waals surface area (Å²) in [4.78, 5) is 11.8. The van der Waals surface area contributed by atoms with E-state index in [1.807, 2.05) is 25.6 Å². The number of hydrogen-bond donors (Lipinski definition) is 2. The van der Waals surface area contributed by atoms with Gasteiger partial charge >= 0.3 is 0 Å². The van der Waals surface area contributed by atoms with Gasteiger partial charge in [-0.2, -0.15) is 5.10 Å². The van der Waals surface area contributed by atoms with Crippen molar-refractivity contribution in [2.24, 2.45) is 18.7 Å². The zero-order valence-electron chi connectivity index (χ0n) is 11.8. The van der Waals surface area contributed by atoms with Gasteiger partial charge in [0, 0.05) is 31.3 Å². The molecule has 0 aliphatic heterocycles. The average molecular weight is 252 g/mol. The molecule has 18 heavy (non-hydrogen) atoms. The second-order valence-corrected chi connectivity index (χ2v) is 4.76. The van der Waals surface area contributed by atoms with E-state index in [0.717, 1.165) is 23.4 Å². The maximum Gasteiger partial charge on any atom is 0.220 e. The molecule has 5 nitrogen and oxygen atoms in total. The Bertz CT molecular complexity index is 407. The van der Waals surface area contributed by atoms with Gasteiger partial charge in [0.25, 0.3) is 0 Å². The van der Waals surface area contributed by atoms with Crippen molar-refractivity contribution >= 4 is 5.91 Å². The predicted molar refractivity (Wildman–Crippen MR) is 72.0 cm³/mol. The molecule has 1 unspecified atom stereocenters. The topological polar surface area (TPSA) is 72.9 Å². The molecule has 1 heterocycles. The first-order valence-electron chi connectivity index (χ1n) is 6.45. The van der Waals surface area contributed by atoms with Crippen LogP contribution in [0, 0.1) is 19.8 Å². The SMILES string of the molecule is CCC(CN)CC(=O)NCc1c(C)nn(C)c1C. The lowest BCUT2D eigenvalue weighted by Gasteiger charge is -2.12. The summed E-state index contributed by atoms with van der Waals surface area (Å²) in [5, 5.41) is 7.27. The largest absolute Gasteiger partial charge is 0.352 e. The van der Waals surface area contributed by atoms with E-state index in [-0.39, 0.29) is 11.8 Å². The smallest absolute Gasteiger partial charge is 0.220 e. The lowest BCUT2D eigenvalue weighted by molar-refractivity contribution is -0.122. The van der Waals surface area contributed by atoms with E-state index >= 15 is 0 Å². The molecule has 3 N–H and O–H groups in total. The fourth-order valence-electron chi connectivity index (χ4n) is 1.99. The predicted octanol–water partition coefficient (Wildman–Crippen LogP) is 1.03. The van der Waals surface area contributed by atoms with Crippen LogP contribution in [0.5, 0.6) is 0 Å². The molecule has 0 fully saturated rings. The van der Waals surface area contributed by atoms with Gasteiger partial charge in [0.15, 0.2) is 0 Å². The standard InChI is InChI=1S/C13H24N4O/c1-5-11(7-14)6-13(18)15-8-12-9(2)16-17(4)10(12)3/h11H,5-8,14H2,1-4H3,(H,15,18). The summed E-state index contributed by atoms with van der Waals surface area (Å²) < 4.78 is 1.84. The van der Waals surface area contributed by atoms with E-state index in [1.165, 1.54) is 0 Å². The van der Waals surface area contributed by atoms with Crippen LogP contribution in [-0.4, -0.2) is 22.2 Å². The summed E-state index contributed by atoms with van der Waals surface area (Å²) in [6, 6.07) is 0. The summed E-state index contributed by atoms with van der Waals surface area (Å²) in [5.41, 5.74) is 8.77. The van der Waals surface area contributed by atoms with Crippen LogP contribution in [0.15, 0.2) is 0 Å². The normalized spacial score (nSPS) is 12.5. The van der Waals surface area contributed by atoms with Crippen molar-refractivity contribution in [2.75, 3.05) is 6.54 Å². The van der Waals surface area contributed by atoms with Gasteiger partial charge in [0.05, 0.1) is 5.69 Å². The molecule has 0 saturated carbocycles. The van der Waals surface area contributed by atoms with Crippen molar-refractivity contribution in [1.82, 2.24) is 15.1 Å². The van der Waals surface area contributed by atoms with Crippen molar-refractivity contribution in [1.29, 1.82) is 0 Å². The quantitative estimate of drug-likeness (QED) is 0.794. The summed E-state index contributed by atoms with van der Waals surface area (Å²) in [7, 11) is 1.91. The van der Waals surface area contributed by atoms with Crippen molar-refractivity contribution in [3.8, 4) is 0 Å². The van der Waals surface area contributed by atoms with Crippen LogP contribution in [0.1, 0.15) is 36.7 Å². The number of aromatic nitrogens is 2. The van der Waals surface area contributed by atoms with Crippen LogP contribution in [-0.2, 0) is 18.4 Å². The van der Waals surface area contributed by atoms with Gasteiger partial charge in [-0.15, -0.1) is 0 Å². The van der Waals surface area contributed by atoms with E-state index in [4.69, 9.17) is 5.73 Å². The minimum absolute atomic E-state index is 0.0648. The number of nitrogens with one attached hydrogen (secondary N) is 1. The fourth-order valence-corrected chi connectivity index (χ4v) is 1.99. The lowest BCUT2D eigenvalue weighted by atomic mass is 10.0. The third-order valence-electron chi connectivity index (χ3n) is 3.51. The summed E-state index contributed by atoms with van der Waals surface area (Å²) in [6.45, 7) is 7.14. The van der Waals surface area contributed by atoms with Gasteiger partial charge in [-0.3, -0.25) is 9.48 Å². The highest BCUT2D eigenvalue weighted by atomic mass is 16.1. The molecular formula is C13H24N4O. The van der Waals surface area contributed by atoms with Crippen LogP contribution in [0.2, 0.25) is 0 Å². The molecule has 0 radical (unpaired) electrons. The first-order valence-corrected chi connectivity index (χ1v) is 6.45. The molecule has 1 atom stereocenters. The van der Waals surface area contributed by atoms with Gasteiger partial charge in [0.1, 0.15) is 0 Å². The molecule has 1 rings (SSSR count). The molecule has 0 bridgehead atoms. The van der Waals surface area contributed by atoms with Gasteiger partial charge in [-0.05, 0) is 26.3 Å². The number of rotatable bonds is 6. The second kappa shape index (κ2) is 6.54. The highest BCUT2D eigenvalue weighted by molar-refractivity contribution is 5.76. The van der Waals surface area contributed by atoms with Crippen LogP contribution in [0.3, 0.4) is 0 Å². The third kappa shape index (κ3) is 3.57. The Morgan fingerprint density at radius 1 is 1.50 bits per heavy atom. The summed E-state index contributed by atoms with van der Waals surface area (Å²) >= 11 is 0. The molecule has 1 amide bonds. The third-order valence-corrected chi connectivity index (χ3v) is 3.51. The van der Waals surface area contributed by atoms with Crippen LogP contribution < -0.4 is 11.1 Å². The zero-order chi connectivity index (χ0) is 13.7. The van der Waals surface area contributed by atoms with E-state index in [9.17, 15) is 4.79 Å². The molecule has 102 valence electrons. The molecule has 0 aromatic carbocycles. The number of carbonyl (C=O) groups is 1. The summed E-state index contributed by atoms with van der Waals surface area (Å²) in [5.74, 6) is 0.344. The number of nitrogens with zero attached hydrogens (tertiary/aromatic N) is 2. The van der Waals surface area contributed by atoms with Crippen LogP contribution >= 0.6 is 0 Å². The number of aryl methyl sites for hydroxylation is 2. The minimum Gasteiger partial charge on any atom is -0.352 e. The van der Waals surface area contributed by atoms with E-state index in [0.29, 0.717) is 19.5 Å². The Kier molecular flexibility index (Phi) is 5.34. The molecule has 5 heteroatoms. The van der Waals surface area contributed by atoms with Gasteiger partial charge in [-0.1, -0.05) is 13.3 Å². The molecule has 0 spiro atoms. The first kappa shape index (κ1) is 14.7. The monoisotopic (exact) mass is 252 g/mol. The van der Waals surface area contributed by atoms with E-state index in [2.05, 4.69) is 17.3 Å². The average Bonchev–Trinajstić information content (AvgIpc) is 2.58. The fraction of sp³-hybridized carbons (Fsp3) is 0.692. The van der Waals surface area contributed by atoms with Crippen molar-refractivity contribution in [2.45, 2.75) is 40.2 Å². The first-order chi connectivity index (χ1) is 8.49. The number of hydrogen-bond acceptors (Lipinski definition) is 3. The molecule has 1 aromatic rings. The van der Waals surface area contributed by atoms with E-state index < -0.39 is 0 Å². The van der Waals surface area contributed by atoms with Crippen molar-refractivity contribution in [3.05, 3.63) is 17.0 Å². The highest BCUT2D eigenvalue weighted by Crippen LogP contribution is 2.12. The minimum atomic E-state index is 0.0648. The second-order valence-electron chi connectivity index (χ2n) is 4.76.